The smallest absolute Gasteiger partial charge is 0.267 e. The summed E-state index contributed by atoms with van der Waals surface area (Å²) in [6.45, 7) is 1.44. The number of aromatic nitrogens is 1. The molecule has 21 heavy (non-hydrogen) atoms. The number of nitrogens with one attached hydrogen (secondary N) is 1. The molecule has 0 fully saturated rings. The van der Waals surface area contributed by atoms with Gasteiger partial charge in [-0.1, -0.05) is 11.6 Å². The number of amides is 1. The Morgan fingerprint density at radius 1 is 1.24 bits per heavy atom. The summed E-state index contributed by atoms with van der Waals surface area (Å²) in [6.07, 6.45) is 2.92. The standard InChI is InChI=1S/C14H10ClF2N3O/c1-8(10-6-13(17)11(15)7-12(10)16)19-20-14(21)9-2-4-18-5-3-9/h2-7H,1H3,(H,20,21)/b19-8+. The zero-order valence-corrected chi connectivity index (χ0v) is 11.7. The van der Waals surface area contributed by atoms with Crippen LogP contribution < -0.4 is 5.43 Å². The molecule has 1 amide bonds. The molecule has 2 rings (SSSR count). The number of halogens is 3. The zero-order chi connectivity index (χ0) is 15.4. The first-order valence-corrected chi connectivity index (χ1v) is 6.26. The van der Waals surface area contributed by atoms with Crippen molar-refractivity contribution in [2.45, 2.75) is 6.92 Å². The first-order chi connectivity index (χ1) is 9.99. The van der Waals surface area contributed by atoms with Crippen molar-refractivity contribution >= 4 is 23.2 Å². The van der Waals surface area contributed by atoms with Gasteiger partial charge in [0.2, 0.25) is 0 Å². The molecule has 0 aliphatic rings. The Kier molecular flexibility index (Phi) is 4.59. The number of pyridine rings is 1. The van der Waals surface area contributed by atoms with E-state index in [1.807, 2.05) is 0 Å². The summed E-state index contributed by atoms with van der Waals surface area (Å²) in [7, 11) is 0. The fourth-order valence-corrected chi connectivity index (χ4v) is 1.71. The molecule has 0 saturated carbocycles. The van der Waals surface area contributed by atoms with E-state index in [0.717, 1.165) is 12.1 Å². The highest BCUT2D eigenvalue weighted by molar-refractivity contribution is 6.30. The van der Waals surface area contributed by atoms with Crippen molar-refractivity contribution in [2.24, 2.45) is 5.10 Å². The van der Waals surface area contributed by atoms with Crippen LogP contribution in [0.4, 0.5) is 8.78 Å². The Hall–Kier alpha value is -2.34. The molecule has 4 nitrogen and oxygen atoms in total. The van der Waals surface area contributed by atoms with E-state index >= 15 is 0 Å². The Balaban J connectivity index is 2.19. The molecule has 1 aromatic heterocycles. The lowest BCUT2D eigenvalue weighted by atomic mass is 10.1. The second-order valence-corrected chi connectivity index (χ2v) is 4.53. The predicted molar refractivity (Wildman–Crippen MR) is 75.3 cm³/mol. The second-order valence-electron chi connectivity index (χ2n) is 4.12. The van der Waals surface area contributed by atoms with Gasteiger partial charge in [-0.15, -0.1) is 0 Å². The average molecular weight is 310 g/mol. The highest BCUT2D eigenvalue weighted by atomic mass is 35.5. The highest BCUT2D eigenvalue weighted by Gasteiger charge is 2.11. The number of nitrogens with zero attached hydrogens (tertiary/aromatic N) is 2. The average Bonchev–Trinajstić information content (AvgIpc) is 2.49. The Bertz CT molecular complexity index is 705. The molecule has 1 aromatic carbocycles. The lowest BCUT2D eigenvalue weighted by Crippen LogP contribution is -2.19. The molecule has 0 aliphatic carbocycles. The maximum atomic E-state index is 13.7. The first-order valence-electron chi connectivity index (χ1n) is 5.88. The van der Waals surface area contributed by atoms with E-state index in [2.05, 4.69) is 15.5 Å². The van der Waals surface area contributed by atoms with Crippen molar-refractivity contribution in [3.05, 3.63) is 64.4 Å². The molecule has 0 atom stereocenters. The van der Waals surface area contributed by atoms with E-state index in [-0.39, 0.29) is 16.3 Å². The molecular formula is C14H10ClF2N3O. The van der Waals surface area contributed by atoms with Gasteiger partial charge in [-0.2, -0.15) is 5.10 Å². The fraction of sp³-hybridized carbons (Fsp3) is 0.0714. The van der Waals surface area contributed by atoms with E-state index in [1.54, 1.807) is 0 Å². The normalized spacial score (nSPS) is 11.3. The summed E-state index contributed by atoms with van der Waals surface area (Å²) >= 11 is 5.47. The summed E-state index contributed by atoms with van der Waals surface area (Å²) < 4.78 is 27.0. The Morgan fingerprint density at radius 2 is 1.90 bits per heavy atom. The molecule has 2 aromatic rings. The number of hydrogen-bond acceptors (Lipinski definition) is 3. The molecule has 0 unspecified atom stereocenters. The third-order valence-electron chi connectivity index (χ3n) is 2.67. The number of hydrazone groups is 1. The van der Waals surface area contributed by atoms with Crippen LogP contribution in [-0.2, 0) is 0 Å². The van der Waals surface area contributed by atoms with Gasteiger partial charge in [0, 0.05) is 23.5 Å². The number of benzene rings is 1. The molecule has 108 valence electrons. The minimum atomic E-state index is -0.761. The van der Waals surface area contributed by atoms with Crippen LogP contribution in [0.25, 0.3) is 0 Å². The third-order valence-corrected chi connectivity index (χ3v) is 2.96. The zero-order valence-electron chi connectivity index (χ0n) is 10.9. The minimum Gasteiger partial charge on any atom is -0.267 e. The predicted octanol–water partition coefficient (Wildman–Crippen LogP) is 3.17. The largest absolute Gasteiger partial charge is 0.271 e. The van der Waals surface area contributed by atoms with Gasteiger partial charge >= 0.3 is 0 Å². The van der Waals surface area contributed by atoms with E-state index in [4.69, 9.17) is 11.6 Å². The van der Waals surface area contributed by atoms with Crippen LogP contribution in [-0.4, -0.2) is 16.6 Å². The molecular weight excluding hydrogens is 300 g/mol. The molecule has 1 N–H and O–H groups in total. The SMILES string of the molecule is C/C(=N\NC(=O)c1ccncc1)c1cc(F)c(Cl)cc1F. The molecule has 0 bridgehead atoms. The van der Waals surface area contributed by atoms with Gasteiger partial charge in [-0.3, -0.25) is 9.78 Å². The topological polar surface area (TPSA) is 54.4 Å². The summed E-state index contributed by atoms with van der Waals surface area (Å²) in [4.78, 5) is 15.5. The maximum Gasteiger partial charge on any atom is 0.271 e. The van der Waals surface area contributed by atoms with Crippen LogP contribution in [0, 0.1) is 11.6 Å². The Labute approximate surface area is 124 Å². The summed E-state index contributed by atoms with van der Waals surface area (Å²) in [6, 6.07) is 4.79. The number of carbonyl (C=O) groups is 1. The quantitative estimate of drug-likeness (QED) is 0.538. The summed E-state index contributed by atoms with van der Waals surface area (Å²) in [5.74, 6) is -1.96. The van der Waals surface area contributed by atoms with Gasteiger partial charge in [-0.25, -0.2) is 14.2 Å². The number of rotatable bonds is 3. The molecule has 1 heterocycles. The monoisotopic (exact) mass is 309 g/mol. The molecule has 0 aliphatic heterocycles. The van der Waals surface area contributed by atoms with Crippen LogP contribution in [0.15, 0.2) is 41.8 Å². The van der Waals surface area contributed by atoms with Crippen molar-refractivity contribution in [3.8, 4) is 0 Å². The van der Waals surface area contributed by atoms with E-state index in [0.29, 0.717) is 5.56 Å². The van der Waals surface area contributed by atoms with Gasteiger partial charge < -0.3 is 0 Å². The van der Waals surface area contributed by atoms with Gasteiger partial charge in [-0.05, 0) is 31.2 Å². The van der Waals surface area contributed by atoms with Crippen LogP contribution in [0.5, 0.6) is 0 Å². The van der Waals surface area contributed by atoms with Crippen LogP contribution in [0.1, 0.15) is 22.8 Å². The van der Waals surface area contributed by atoms with Gasteiger partial charge in [0.05, 0.1) is 10.7 Å². The van der Waals surface area contributed by atoms with Gasteiger partial charge in [0.1, 0.15) is 11.6 Å². The minimum absolute atomic E-state index is 0.0769. The first kappa shape index (κ1) is 15.1. The molecule has 0 radical (unpaired) electrons. The van der Waals surface area contributed by atoms with Crippen LogP contribution >= 0.6 is 11.6 Å². The molecule has 7 heteroatoms. The summed E-state index contributed by atoms with van der Waals surface area (Å²) in [5, 5.41) is 3.43. The second kappa shape index (κ2) is 6.41. The van der Waals surface area contributed by atoms with Crippen molar-refractivity contribution < 1.29 is 13.6 Å². The van der Waals surface area contributed by atoms with Gasteiger partial charge in [0.15, 0.2) is 0 Å². The molecule has 0 spiro atoms. The van der Waals surface area contributed by atoms with Crippen LogP contribution in [0.3, 0.4) is 0 Å². The van der Waals surface area contributed by atoms with Crippen molar-refractivity contribution in [3.63, 3.8) is 0 Å². The number of carbonyl (C=O) groups excluding carboxylic acids is 1. The van der Waals surface area contributed by atoms with E-state index in [9.17, 15) is 13.6 Å². The Morgan fingerprint density at radius 3 is 2.57 bits per heavy atom. The summed E-state index contributed by atoms with van der Waals surface area (Å²) in [5.41, 5.74) is 2.65. The molecule has 0 saturated heterocycles. The van der Waals surface area contributed by atoms with E-state index in [1.165, 1.54) is 31.5 Å². The fourth-order valence-electron chi connectivity index (χ4n) is 1.56. The van der Waals surface area contributed by atoms with Crippen molar-refractivity contribution in [1.29, 1.82) is 0 Å². The van der Waals surface area contributed by atoms with Gasteiger partial charge in [0.25, 0.3) is 5.91 Å². The maximum absolute atomic E-state index is 13.7. The third kappa shape index (κ3) is 3.61. The lowest BCUT2D eigenvalue weighted by molar-refractivity contribution is 0.0954. The highest BCUT2D eigenvalue weighted by Crippen LogP contribution is 2.19. The number of hydrogen-bond donors (Lipinski definition) is 1. The van der Waals surface area contributed by atoms with Crippen molar-refractivity contribution in [2.75, 3.05) is 0 Å². The van der Waals surface area contributed by atoms with E-state index < -0.39 is 17.5 Å². The lowest BCUT2D eigenvalue weighted by Gasteiger charge is -2.05. The van der Waals surface area contributed by atoms with Crippen LogP contribution in [0.2, 0.25) is 5.02 Å². The van der Waals surface area contributed by atoms with Crippen molar-refractivity contribution in [1.82, 2.24) is 10.4 Å².